The van der Waals surface area contributed by atoms with E-state index >= 15 is 0 Å². The van der Waals surface area contributed by atoms with Crippen LogP contribution in [0.1, 0.15) is 23.2 Å². The molecule has 1 aromatic heterocycles. The average Bonchev–Trinajstić information content (AvgIpc) is 3.34. The van der Waals surface area contributed by atoms with Gasteiger partial charge in [-0.05, 0) is 79.2 Å². The number of anilines is 1. The zero-order chi connectivity index (χ0) is 25.1. The van der Waals surface area contributed by atoms with Gasteiger partial charge in [0.25, 0.3) is 0 Å². The molecule has 9 heteroatoms. The van der Waals surface area contributed by atoms with Gasteiger partial charge in [0, 0.05) is 35.3 Å². The number of hydrogen-bond donors (Lipinski definition) is 2. The third-order valence-electron chi connectivity index (χ3n) is 5.86. The number of phenolic OH excluding ortho intramolecular Hbond substituents is 2. The Labute approximate surface area is 211 Å². The molecule has 0 radical (unpaired) electrons. The number of ketones is 1. The van der Waals surface area contributed by atoms with Gasteiger partial charge in [-0.1, -0.05) is 11.8 Å². The van der Waals surface area contributed by atoms with Gasteiger partial charge in [0.2, 0.25) is 11.1 Å². The summed E-state index contributed by atoms with van der Waals surface area (Å²) < 4.78 is 0. The van der Waals surface area contributed by atoms with Crippen LogP contribution in [-0.4, -0.2) is 49.4 Å². The summed E-state index contributed by atoms with van der Waals surface area (Å²) in [7, 11) is 0. The van der Waals surface area contributed by atoms with Crippen LogP contribution in [0.3, 0.4) is 0 Å². The highest BCUT2D eigenvalue weighted by Crippen LogP contribution is 2.32. The van der Waals surface area contributed by atoms with Crippen LogP contribution in [-0.2, 0) is 4.79 Å². The molecule has 2 N–H and O–H groups in total. The van der Waals surface area contributed by atoms with Gasteiger partial charge >= 0.3 is 0 Å². The Hall–Kier alpha value is -4.24. The summed E-state index contributed by atoms with van der Waals surface area (Å²) in [5, 5.41) is 28.2. The van der Waals surface area contributed by atoms with E-state index in [-0.39, 0.29) is 28.9 Å². The standard InChI is InChI=1S/C27H22N4O4S/c32-21-11-5-18(6-12-21)25-26(19-7-13-22(33)14-8-19)29-30-27(28-25)36-16-23(34)17-3-9-20(10-4-17)31-15-1-2-24(31)35/h3-14,32-33H,1-2,15-16H2. The van der Waals surface area contributed by atoms with Crippen molar-refractivity contribution in [3.63, 3.8) is 0 Å². The molecule has 0 unspecified atom stereocenters. The molecule has 0 aliphatic carbocycles. The molecule has 1 aliphatic heterocycles. The maximum Gasteiger partial charge on any atom is 0.227 e. The molecule has 0 spiro atoms. The lowest BCUT2D eigenvalue weighted by Crippen LogP contribution is -2.23. The highest BCUT2D eigenvalue weighted by atomic mass is 32.2. The Kier molecular flexibility index (Phi) is 6.64. The molecule has 36 heavy (non-hydrogen) atoms. The first-order valence-corrected chi connectivity index (χ1v) is 12.4. The van der Waals surface area contributed by atoms with Gasteiger partial charge in [-0.2, -0.15) is 0 Å². The van der Waals surface area contributed by atoms with Crippen LogP contribution < -0.4 is 4.90 Å². The Balaban J connectivity index is 1.35. The van der Waals surface area contributed by atoms with Crippen LogP contribution in [0.4, 0.5) is 5.69 Å². The zero-order valence-corrected chi connectivity index (χ0v) is 20.0. The summed E-state index contributed by atoms with van der Waals surface area (Å²) in [4.78, 5) is 31.1. The predicted octanol–water partition coefficient (Wildman–Crippen LogP) is 4.72. The summed E-state index contributed by atoms with van der Waals surface area (Å²) in [5.41, 5.74) is 3.86. The number of aromatic hydroxyl groups is 2. The fourth-order valence-corrected chi connectivity index (χ4v) is 4.65. The quantitative estimate of drug-likeness (QED) is 0.278. The molecule has 0 bridgehead atoms. The number of aromatic nitrogens is 3. The summed E-state index contributed by atoms with van der Waals surface area (Å²) in [6, 6.07) is 20.2. The molecule has 1 amide bonds. The molecule has 8 nitrogen and oxygen atoms in total. The number of thioether (sulfide) groups is 1. The first-order chi connectivity index (χ1) is 17.5. The van der Waals surface area contributed by atoms with Gasteiger partial charge in [0.05, 0.1) is 5.75 Å². The number of nitrogens with zero attached hydrogens (tertiary/aromatic N) is 4. The molecule has 0 atom stereocenters. The number of carbonyl (C=O) groups is 2. The first-order valence-electron chi connectivity index (χ1n) is 11.4. The van der Waals surface area contributed by atoms with Crippen molar-refractivity contribution in [1.29, 1.82) is 0 Å². The lowest BCUT2D eigenvalue weighted by Gasteiger charge is -2.15. The second-order valence-corrected chi connectivity index (χ2v) is 9.24. The van der Waals surface area contributed by atoms with E-state index in [0.29, 0.717) is 35.1 Å². The molecule has 5 rings (SSSR count). The summed E-state index contributed by atoms with van der Waals surface area (Å²) >= 11 is 1.18. The molecule has 1 saturated heterocycles. The van der Waals surface area contributed by atoms with Gasteiger partial charge in [-0.15, -0.1) is 10.2 Å². The minimum atomic E-state index is -0.0864. The molecule has 180 valence electrons. The molecule has 2 heterocycles. The highest BCUT2D eigenvalue weighted by Gasteiger charge is 2.22. The average molecular weight is 499 g/mol. The van der Waals surface area contributed by atoms with E-state index in [1.807, 2.05) is 0 Å². The number of phenols is 2. The van der Waals surface area contributed by atoms with Gasteiger partial charge in [-0.25, -0.2) is 4.98 Å². The lowest BCUT2D eigenvalue weighted by atomic mass is 10.0. The van der Waals surface area contributed by atoms with Gasteiger partial charge in [-0.3, -0.25) is 9.59 Å². The van der Waals surface area contributed by atoms with Crippen molar-refractivity contribution in [2.75, 3.05) is 17.2 Å². The molecule has 0 saturated carbocycles. The fourth-order valence-electron chi connectivity index (χ4n) is 3.97. The largest absolute Gasteiger partial charge is 0.508 e. The summed E-state index contributed by atoms with van der Waals surface area (Å²) in [6.45, 7) is 0.704. The topological polar surface area (TPSA) is 117 Å². The number of benzene rings is 3. The van der Waals surface area contributed by atoms with Crippen molar-refractivity contribution < 1.29 is 19.8 Å². The molecule has 1 fully saturated rings. The van der Waals surface area contributed by atoms with Crippen LogP contribution >= 0.6 is 11.8 Å². The number of amides is 1. The molecular weight excluding hydrogens is 476 g/mol. The molecule has 3 aromatic carbocycles. The lowest BCUT2D eigenvalue weighted by molar-refractivity contribution is -0.117. The van der Waals surface area contributed by atoms with E-state index in [2.05, 4.69) is 15.2 Å². The van der Waals surface area contributed by atoms with Crippen LogP contribution in [0.2, 0.25) is 0 Å². The zero-order valence-electron chi connectivity index (χ0n) is 19.2. The summed E-state index contributed by atoms with van der Waals surface area (Å²) in [6.07, 6.45) is 1.41. The molecular formula is C27H22N4O4S. The fraction of sp³-hybridized carbons (Fsp3) is 0.148. The molecule has 4 aromatic rings. The van der Waals surface area contributed by atoms with Crippen molar-refractivity contribution in [3.8, 4) is 34.0 Å². The van der Waals surface area contributed by atoms with Crippen molar-refractivity contribution in [2.24, 2.45) is 0 Å². The number of rotatable bonds is 7. The highest BCUT2D eigenvalue weighted by molar-refractivity contribution is 7.99. The monoisotopic (exact) mass is 498 g/mol. The van der Waals surface area contributed by atoms with E-state index in [9.17, 15) is 19.8 Å². The van der Waals surface area contributed by atoms with Crippen LogP contribution in [0, 0.1) is 0 Å². The van der Waals surface area contributed by atoms with Crippen LogP contribution in [0.25, 0.3) is 22.5 Å². The van der Waals surface area contributed by atoms with E-state index in [4.69, 9.17) is 0 Å². The van der Waals surface area contributed by atoms with Gasteiger partial charge in [0.1, 0.15) is 22.9 Å². The van der Waals surface area contributed by atoms with E-state index in [1.165, 1.54) is 11.8 Å². The first kappa shape index (κ1) is 23.5. The third kappa shape index (κ3) is 5.06. The van der Waals surface area contributed by atoms with Crippen molar-refractivity contribution in [2.45, 2.75) is 18.0 Å². The van der Waals surface area contributed by atoms with Crippen molar-refractivity contribution >= 4 is 29.1 Å². The maximum absolute atomic E-state index is 12.8. The summed E-state index contributed by atoms with van der Waals surface area (Å²) in [5.74, 6) is 0.409. The smallest absolute Gasteiger partial charge is 0.227 e. The van der Waals surface area contributed by atoms with E-state index in [0.717, 1.165) is 23.2 Å². The molecule has 1 aliphatic rings. The number of carbonyl (C=O) groups excluding carboxylic acids is 2. The van der Waals surface area contributed by atoms with Crippen LogP contribution in [0.5, 0.6) is 11.5 Å². The normalized spacial score (nSPS) is 13.2. The van der Waals surface area contributed by atoms with Crippen molar-refractivity contribution in [1.82, 2.24) is 15.2 Å². The van der Waals surface area contributed by atoms with Gasteiger partial charge in [0.15, 0.2) is 5.78 Å². The van der Waals surface area contributed by atoms with Gasteiger partial charge < -0.3 is 15.1 Å². The van der Waals surface area contributed by atoms with Crippen molar-refractivity contribution in [3.05, 3.63) is 78.4 Å². The Morgan fingerprint density at radius 1 is 0.833 bits per heavy atom. The Bertz CT molecular complexity index is 1410. The van der Waals surface area contributed by atoms with Crippen LogP contribution in [0.15, 0.2) is 78.0 Å². The predicted molar refractivity (Wildman–Crippen MR) is 137 cm³/mol. The Morgan fingerprint density at radius 2 is 1.44 bits per heavy atom. The second-order valence-electron chi connectivity index (χ2n) is 8.29. The third-order valence-corrected chi connectivity index (χ3v) is 6.69. The minimum Gasteiger partial charge on any atom is -0.508 e. The van der Waals surface area contributed by atoms with E-state index < -0.39 is 0 Å². The Morgan fingerprint density at radius 3 is 2.03 bits per heavy atom. The minimum absolute atomic E-state index is 0.0864. The van der Waals surface area contributed by atoms with E-state index in [1.54, 1.807) is 77.7 Å². The number of hydrogen-bond acceptors (Lipinski definition) is 8. The SMILES string of the molecule is O=C(CSc1nnc(-c2ccc(O)cc2)c(-c2ccc(O)cc2)n1)c1ccc(N2CCCC2=O)cc1. The number of Topliss-reactive ketones (excluding diaryl/α,β-unsaturated/α-hetero) is 1. The second kappa shape index (κ2) is 10.2. The maximum atomic E-state index is 12.8.